The number of nitrogens with zero attached hydrogens (tertiary/aromatic N) is 1. The molecule has 36 heavy (non-hydrogen) atoms. The zero-order valence-electron chi connectivity index (χ0n) is 19.3. The molecule has 0 unspecified atom stereocenters. The number of ether oxygens (including phenoxy) is 3. The molecule has 0 saturated carbocycles. The van der Waals surface area contributed by atoms with Crippen LogP contribution in [0.2, 0.25) is 10.0 Å². The number of anilines is 2. The first-order valence-electron chi connectivity index (χ1n) is 10.5. The maximum atomic E-state index is 12.6. The summed E-state index contributed by atoms with van der Waals surface area (Å²) < 4.78 is 16.0. The second-order valence-corrected chi connectivity index (χ2v) is 8.07. The lowest BCUT2D eigenvalue weighted by Crippen LogP contribution is -2.20. The highest BCUT2D eigenvalue weighted by Gasteiger charge is 2.16. The Kier molecular flexibility index (Phi) is 9.17. The number of halogens is 2. The van der Waals surface area contributed by atoms with E-state index in [1.165, 1.54) is 32.4 Å². The van der Waals surface area contributed by atoms with Gasteiger partial charge in [-0.15, -0.1) is 0 Å². The van der Waals surface area contributed by atoms with Crippen molar-refractivity contribution in [2.24, 2.45) is 0 Å². The summed E-state index contributed by atoms with van der Waals surface area (Å²) in [6.45, 7) is -0.332. The molecular formula is C26H21Cl2N3O5. The van der Waals surface area contributed by atoms with Crippen LogP contribution in [0.25, 0.3) is 6.08 Å². The number of benzene rings is 3. The van der Waals surface area contributed by atoms with E-state index in [2.05, 4.69) is 10.6 Å². The normalized spacial score (nSPS) is 10.7. The van der Waals surface area contributed by atoms with Gasteiger partial charge in [-0.05, 0) is 72.3 Å². The highest BCUT2D eigenvalue weighted by Crippen LogP contribution is 2.37. The Morgan fingerprint density at radius 2 is 1.58 bits per heavy atom. The van der Waals surface area contributed by atoms with Crippen molar-refractivity contribution in [3.63, 3.8) is 0 Å². The smallest absolute Gasteiger partial charge is 0.266 e. The van der Waals surface area contributed by atoms with Crippen LogP contribution in [0.4, 0.5) is 11.4 Å². The molecule has 3 aromatic carbocycles. The molecule has 0 heterocycles. The van der Waals surface area contributed by atoms with Crippen LogP contribution in [0, 0.1) is 11.3 Å². The number of methoxy groups -OCH3 is 2. The van der Waals surface area contributed by atoms with Crippen molar-refractivity contribution in [1.29, 1.82) is 5.26 Å². The molecule has 0 aliphatic heterocycles. The van der Waals surface area contributed by atoms with Crippen LogP contribution in [0.3, 0.4) is 0 Å². The minimum atomic E-state index is -0.600. The van der Waals surface area contributed by atoms with Gasteiger partial charge in [0.2, 0.25) is 0 Å². The molecule has 3 aromatic rings. The van der Waals surface area contributed by atoms with E-state index in [4.69, 9.17) is 37.4 Å². The second kappa shape index (κ2) is 12.5. The first kappa shape index (κ1) is 26.4. The van der Waals surface area contributed by atoms with Gasteiger partial charge in [-0.1, -0.05) is 23.2 Å². The largest absolute Gasteiger partial charge is 0.497 e. The van der Waals surface area contributed by atoms with Gasteiger partial charge in [0, 0.05) is 16.4 Å². The summed E-state index contributed by atoms with van der Waals surface area (Å²) in [5.74, 6) is -0.0152. The third kappa shape index (κ3) is 7.15. The van der Waals surface area contributed by atoms with Crippen LogP contribution in [0.5, 0.6) is 17.2 Å². The summed E-state index contributed by atoms with van der Waals surface area (Å²) in [7, 11) is 2.94. The lowest BCUT2D eigenvalue weighted by Gasteiger charge is -2.13. The Labute approximate surface area is 218 Å². The van der Waals surface area contributed by atoms with E-state index in [0.29, 0.717) is 27.7 Å². The van der Waals surface area contributed by atoms with Crippen LogP contribution >= 0.6 is 23.2 Å². The minimum absolute atomic E-state index is 0.132. The van der Waals surface area contributed by atoms with Crippen LogP contribution < -0.4 is 24.8 Å². The number of carbonyl (C=O) groups is 2. The van der Waals surface area contributed by atoms with Gasteiger partial charge < -0.3 is 24.8 Å². The highest BCUT2D eigenvalue weighted by molar-refractivity contribution is 6.32. The van der Waals surface area contributed by atoms with Crippen molar-refractivity contribution in [1.82, 2.24) is 0 Å². The number of nitriles is 1. The number of hydrogen-bond donors (Lipinski definition) is 2. The average Bonchev–Trinajstić information content (AvgIpc) is 2.88. The Balaban J connectivity index is 1.72. The monoisotopic (exact) mass is 525 g/mol. The van der Waals surface area contributed by atoms with Crippen LogP contribution in [-0.4, -0.2) is 32.6 Å². The molecule has 0 spiro atoms. The molecule has 0 radical (unpaired) electrons. The molecule has 10 heteroatoms. The third-order valence-electron chi connectivity index (χ3n) is 4.75. The van der Waals surface area contributed by atoms with Gasteiger partial charge in [-0.2, -0.15) is 5.26 Å². The molecule has 0 bridgehead atoms. The molecule has 184 valence electrons. The Bertz CT molecular complexity index is 1320. The Morgan fingerprint density at radius 1 is 0.944 bits per heavy atom. The predicted octanol–water partition coefficient (Wildman–Crippen LogP) is 5.57. The summed E-state index contributed by atoms with van der Waals surface area (Å²) in [5.41, 5.74) is 1.33. The molecule has 0 aliphatic rings. The first-order chi connectivity index (χ1) is 17.3. The molecule has 0 saturated heterocycles. The quantitative estimate of drug-likeness (QED) is 0.279. The lowest BCUT2D eigenvalue weighted by atomic mass is 10.1. The van der Waals surface area contributed by atoms with Crippen molar-refractivity contribution < 1.29 is 23.8 Å². The summed E-state index contributed by atoms with van der Waals surface area (Å²) in [4.78, 5) is 24.8. The summed E-state index contributed by atoms with van der Waals surface area (Å²) in [5, 5.41) is 15.5. The van der Waals surface area contributed by atoms with E-state index in [9.17, 15) is 14.9 Å². The number of nitrogens with one attached hydrogen (secondary N) is 2. The van der Waals surface area contributed by atoms with E-state index < -0.39 is 11.8 Å². The average molecular weight is 526 g/mol. The number of carbonyl (C=O) groups excluding carboxylic acids is 2. The number of hydrogen-bond acceptors (Lipinski definition) is 6. The molecule has 0 fully saturated rings. The van der Waals surface area contributed by atoms with Crippen LogP contribution in [0.15, 0.2) is 66.2 Å². The summed E-state index contributed by atoms with van der Waals surface area (Å²) in [6, 6.07) is 18.2. The predicted molar refractivity (Wildman–Crippen MR) is 139 cm³/mol. The highest BCUT2D eigenvalue weighted by atomic mass is 35.5. The second-order valence-electron chi connectivity index (χ2n) is 7.23. The van der Waals surface area contributed by atoms with Crippen LogP contribution in [0.1, 0.15) is 5.56 Å². The maximum Gasteiger partial charge on any atom is 0.266 e. The van der Waals surface area contributed by atoms with E-state index in [1.54, 1.807) is 48.5 Å². The van der Waals surface area contributed by atoms with Gasteiger partial charge in [-0.3, -0.25) is 9.59 Å². The topological polar surface area (TPSA) is 110 Å². The van der Waals surface area contributed by atoms with Gasteiger partial charge >= 0.3 is 0 Å². The van der Waals surface area contributed by atoms with E-state index >= 15 is 0 Å². The number of amides is 2. The van der Waals surface area contributed by atoms with Crippen LogP contribution in [-0.2, 0) is 9.59 Å². The van der Waals surface area contributed by atoms with Crippen molar-refractivity contribution in [2.45, 2.75) is 0 Å². The molecule has 8 nitrogen and oxygen atoms in total. The molecule has 2 amide bonds. The van der Waals surface area contributed by atoms with Crippen molar-refractivity contribution >= 4 is 52.5 Å². The van der Waals surface area contributed by atoms with Gasteiger partial charge in [0.1, 0.15) is 17.4 Å². The van der Waals surface area contributed by atoms with Crippen molar-refractivity contribution in [3.8, 4) is 23.3 Å². The van der Waals surface area contributed by atoms with Crippen molar-refractivity contribution in [2.75, 3.05) is 31.5 Å². The van der Waals surface area contributed by atoms with E-state index in [-0.39, 0.29) is 28.7 Å². The maximum absolute atomic E-state index is 12.6. The standard InChI is InChI=1S/C26H21Cl2N3O5/c1-34-21-9-7-20(8-10-21)31-26(33)17(14-29)11-16-12-22(28)25(23(13-16)35-2)36-15-24(32)30-19-5-3-18(27)4-6-19/h3-13H,15H2,1-2H3,(H,30,32)(H,31,33)/b17-11+. The zero-order chi connectivity index (χ0) is 26.1. The van der Waals surface area contributed by atoms with E-state index in [1.807, 2.05) is 6.07 Å². The first-order valence-corrected chi connectivity index (χ1v) is 11.2. The molecule has 0 atom stereocenters. The SMILES string of the molecule is COc1ccc(NC(=O)/C(C#N)=C/c2cc(Cl)c(OCC(=O)Nc3ccc(Cl)cc3)c(OC)c2)cc1. The van der Waals surface area contributed by atoms with Gasteiger partial charge in [0.15, 0.2) is 18.1 Å². The van der Waals surface area contributed by atoms with E-state index in [0.717, 1.165) is 0 Å². The molecule has 0 aliphatic carbocycles. The minimum Gasteiger partial charge on any atom is -0.497 e. The fourth-order valence-electron chi connectivity index (χ4n) is 3.02. The molecule has 2 N–H and O–H groups in total. The van der Waals surface area contributed by atoms with Gasteiger partial charge in [-0.25, -0.2) is 0 Å². The Morgan fingerprint density at radius 3 is 2.19 bits per heavy atom. The van der Waals surface area contributed by atoms with Gasteiger partial charge in [0.05, 0.1) is 19.2 Å². The van der Waals surface area contributed by atoms with Gasteiger partial charge in [0.25, 0.3) is 11.8 Å². The fraction of sp³-hybridized carbons (Fsp3) is 0.115. The summed E-state index contributed by atoms with van der Waals surface area (Å²) in [6.07, 6.45) is 1.37. The number of rotatable bonds is 9. The van der Waals surface area contributed by atoms with Crippen molar-refractivity contribution in [3.05, 3.63) is 81.8 Å². The lowest BCUT2D eigenvalue weighted by molar-refractivity contribution is -0.118. The molecular weight excluding hydrogens is 505 g/mol. The summed E-state index contributed by atoms with van der Waals surface area (Å²) >= 11 is 12.2. The fourth-order valence-corrected chi connectivity index (χ4v) is 3.42. The molecule has 3 rings (SSSR count). The Hall–Kier alpha value is -4.19. The third-order valence-corrected chi connectivity index (χ3v) is 5.28. The molecule has 0 aromatic heterocycles. The zero-order valence-corrected chi connectivity index (χ0v) is 20.8.